The number of hydrogen-bond donors (Lipinski definition) is 1. The molecule has 1 radical (unpaired) electrons. The van der Waals surface area contributed by atoms with Crippen LogP contribution in [0.5, 0.6) is 0 Å². The van der Waals surface area contributed by atoms with Gasteiger partial charge in [-0.05, 0) is 20.5 Å². The molecule has 1 fully saturated rings. The average molecular weight is 156 g/mol. The summed E-state index contributed by atoms with van der Waals surface area (Å²) in [6.07, 6.45) is 1.19. The Morgan fingerprint density at radius 2 is 2.27 bits per heavy atom. The van der Waals surface area contributed by atoms with Crippen LogP contribution in [0.15, 0.2) is 0 Å². The SMILES string of the molecule is CN(C)CC1CC[N]CCN1. The van der Waals surface area contributed by atoms with Crippen LogP contribution in [-0.4, -0.2) is 51.2 Å². The third-order valence-electron chi connectivity index (χ3n) is 1.92. The van der Waals surface area contributed by atoms with E-state index in [1.807, 2.05) is 0 Å². The Hall–Kier alpha value is -0.120. The summed E-state index contributed by atoms with van der Waals surface area (Å²) in [5.74, 6) is 0. The van der Waals surface area contributed by atoms with E-state index in [0.717, 1.165) is 26.2 Å². The molecular formula is C8H18N3. The lowest BCUT2D eigenvalue weighted by Crippen LogP contribution is -2.38. The Morgan fingerprint density at radius 1 is 1.45 bits per heavy atom. The molecule has 1 aliphatic rings. The number of likely N-dealkylation sites (N-methyl/N-ethyl adjacent to an activating group) is 1. The molecule has 1 saturated heterocycles. The fourth-order valence-electron chi connectivity index (χ4n) is 1.41. The maximum absolute atomic E-state index is 4.35. The molecule has 3 nitrogen and oxygen atoms in total. The summed E-state index contributed by atoms with van der Waals surface area (Å²) in [5.41, 5.74) is 0. The van der Waals surface area contributed by atoms with Crippen LogP contribution in [0, 0.1) is 0 Å². The summed E-state index contributed by atoms with van der Waals surface area (Å²) >= 11 is 0. The number of hydrogen-bond acceptors (Lipinski definition) is 2. The lowest BCUT2D eigenvalue weighted by Gasteiger charge is -2.19. The maximum Gasteiger partial charge on any atom is 0.0258 e. The first-order chi connectivity index (χ1) is 5.29. The van der Waals surface area contributed by atoms with Gasteiger partial charge in [-0.15, -0.1) is 0 Å². The molecule has 1 aliphatic heterocycles. The monoisotopic (exact) mass is 156 g/mol. The summed E-state index contributed by atoms with van der Waals surface area (Å²) in [6, 6.07) is 0.649. The van der Waals surface area contributed by atoms with Crippen molar-refractivity contribution in [2.75, 3.05) is 40.3 Å². The molecule has 0 aromatic heterocycles. The van der Waals surface area contributed by atoms with Gasteiger partial charge < -0.3 is 10.2 Å². The molecule has 0 bridgehead atoms. The van der Waals surface area contributed by atoms with E-state index in [9.17, 15) is 0 Å². The first-order valence-corrected chi connectivity index (χ1v) is 4.30. The summed E-state index contributed by atoms with van der Waals surface area (Å²) in [7, 11) is 4.23. The van der Waals surface area contributed by atoms with Gasteiger partial charge in [0.05, 0.1) is 0 Å². The van der Waals surface area contributed by atoms with Crippen LogP contribution in [0.25, 0.3) is 0 Å². The minimum absolute atomic E-state index is 0.649. The summed E-state index contributed by atoms with van der Waals surface area (Å²) < 4.78 is 0. The maximum atomic E-state index is 4.35. The second-order valence-corrected chi connectivity index (χ2v) is 3.37. The van der Waals surface area contributed by atoms with Crippen molar-refractivity contribution in [3.8, 4) is 0 Å². The van der Waals surface area contributed by atoms with Crippen LogP contribution in [0.4, 0.5) is 0 Å². The topological polar surface area (TPSA) is 29.4 Å². The largest absolute Gasteiger partial charge is 0.311 e. The van der Waals surface area contributed by atoms with Gasteiger partial charge in [0, 0.05) is 32.2 Å². The van der Waals surface area contributed by atoms with E-state index in [-0.39, 0.29) is 0 Å². The molecule has 0 amide bonds. The normalized spacial score (nSPS) is 27.0. The molecule has 1 N–H and O–H groups in total. The molecule has 0 aliphatic carbocycles. The Bertz CT molecular complexity index is 95.5. The van der Waals surface area contributed by atoms with Crippen LogP contribution in [0.1, 0.15) is 6.42 Å². The minimum Gasteiger partial charge on any atom is -0.311 e. The van der Waals surface area contributed by atoms with Gasteiger partial charge in [0.15, 0.2) is 0 Å². The molecule has 0 spiro atoms. The van der Waals surface area contributed by atoms with E-state index in [2.05, 4.69) is 29.6 Å². The van der Waals surface area contributed by atoms with Gasteiger partial charge in [0.25, 0.3) is 0 Å². The summed E-state index contributed by atoms with van der Waals surface area (Å²) in [5, 5.41) is 7.82. The predicted octanol–water partition coefficient (Wildman–Crippen LogP) is -0.486. The zero-order valence-corrected chi connectivity index (χ0v) is 7.51. The van der Waals surface area contributed by atoms with E-state index in [4.69, 9.17) is 0 Å². The Morgan fingerprint density at radius 3 is 3.00 bits per heavy atom. The van der Waals surface area contributed by atoms with Crippen LogP contribution >= 0.6 is 0 Å². The van der Waals surface area contributed by atoms with E-state index in [1.165, 1.54) is 6.42 Å². The van der Waals surface area contributed by atoms with Crippen LogP contribution in [0.3, 0.4) is 0 Å². The zero-order chi connectivity index (χ0) is 8.10. The van der Waals surface area contributed by atoms with Gasteiger partial charge in [0.1, 0.15) is 0 Å². The average Bonchev–Trinajstić information content (AvgIpc) is 2.14. The Balaban J connectivity index is 2.20. The first-order valence-electron chi connectivity index (χ1n) is 4.30. The highest BCUT2D eigenvalue weighted by molar-refractivity contribution is 4.74. The second kappa shape index (κ2) is 4.70. The second-order valence-electron chi connectivity index (χ2n) is 3.37. The predicted molar refractivity (Wildman–Crippen MR) is 46.8 cm³/mol. The third-order valence-corrected chi connectivity index (χ3v) is 1.92. The summed E-state index contributed by atoms with van der Waals surface area (Å²) in [6.45, 7) is 4.21. The van der Waals surface area contributed by atoms with E-state index >= 15 is 0 Å². The van der Waals surface area contributed by atoms with Crippen molar-refractivity contribution in [2.24, 2.45) is 0 Å². The Labute approximate surface area is 69.1 Å². The molecule has 11 heavy (non-hydrogen) atoms. The number of nitrogens with zero attached hydrogens (tertiary/aromatic N) is 2. The summed E-state index contributed by atoms with van der Waals surface area (Å²) in [4.78, 5) is 2.23. The molecule has 65 valence electrons. The van der Waals surface area contributed by atoms with Gasteiger partial charge in [-0.25, -0.2) is 5.32 Å². The quantitative estimate of drug-likeness (QED) is 0.585. The van der Waals surface area contributed by atoms with Gasteiger partial charge >= 0.3 is 0 Å². The van der Waals surface area contributed by atoms with E-state index in [1.54, 1.807) is 0 Å². The molecule has 0 aromatic carbocycles. The van der Waals surface area contributed by atoms with Crippen molar-refractivity contribution in [1.82, 2.24) is 15.5 Å². The van der Waals surface area contributed by atoms with Crippen LogP contribution in [-0.2, 0) is 0 Å². The molecule has 1 rings (SSSR count). The van der Waals surface area contributed by atoms with Gasteiger partial charge in [0.2, 0.25) is 0 Å². The molecule has 1 unspecified atom stereocenters. The van der Waals surface area contributed by atoms with Crippen LogP contribution < -0.4 is 10.6 Å². The van der Waals surface area contributed by atoms with Crippen molar-refractivity contribution < 1.29 is 0 Å². The van der Waals surface area contributed by atoms with Crippen molar-refractivity contribution in [2.45, 2.75) is 12.5 Å². The van der Waals surface area contributed by atoms with Crippen molar-refractivity contribution >= 4 is 0 Å². The first kappa shape index (κ1) is 8.97. The van der Waals surface area contributed by atoms with E-state index in [0.29, 0.717) is 6.04 Å². The highest BCUT2D eigenvalue weighted by Gasteiger charge is 2.11. The van der Waals surface area contributed by atoms with Gasteiger partial charge in [-0.1, -0.05) is 0 Å². The molecule has 0 aromatic rings. The molecular weight excluding hydrogens is 138 g/mol. The lowest BCUT2D eigenvalue weighted by atomic mass is 10.2. The lowest BCUT2D eigenvalue weighted by molar-refractivity contribution is 0.337. The standard InChI is InChI=1S/C8H18N3/c1-11(2)7-8-3-4-9-5-6-10-8/h8,10H,3-7H2,1-2H3. The fraction of sp³-hybridized carbons (Fsp3) is 1.00. The highest BCUT2D eigenvalue weighted by atomic mass is 15.1. The highest BCUT2D eigenvalue weighted by Crippen LogP contribution is 1.95. The van der Waals surface area contributed by atoms with Crippen molar-refractivity contribution in [1.29, 1.82) is 0 Å². The third kappa shape index (κ3) is 3.70. The molecule has 0 saturated carbocycles. The zero-order valence-electron chi connectivity index (χ0n) is 7.51. The molecule has 1 atom stereocenters. The van der Waals surface area contributed by atoms with Crippen molar-refractivity contribution in [3.05, 3.63) is 0 Å². The smallest absolute Gasteiger partial charge is 0.0258 e. The van der Waals surface area contributed by atoms with E-state index < -0.39 is 0 Å². The number of rotatable bonds is 2. The minimum atomic E-state index is 0.649. The molecule has 3 heteroatoms. The fourth-order valence-corrected chi connectivity index (χ4v) is 1.41. The Kier molecular flexibility index (Phi) is 3.83. The number of nitrogens with one attached hydrogen (secondary N) is 1. The van der Waals surface area contributed by atoms with Crippen molar-refractivity contribution in [3.63, 3.8) is 0 Å². The molecule has 1 heterocycles. The van der Waals surface area contributed by atoms with Crippen LogP contribution in [0.2, 0.25) is 0 Å². The van der Waals surface area contributed by atoms with Gasteiger partial charge in [-0.2, -0.15) is 0 Å². The van der Waals surface area contributed by atoms with Gasteiger partial charge in [-0.3, -0.25) is 0 Å².